The van der Waals surface area contributed by atoms with E-state index in [4.69, 9.17) is 11.6 Å². The van der Waals surface area contributed by atoms with Crippen LogP contribution in [-0.4, -0.2) is 6.54 Å². The highest BCUT2D eigenvalue weighted by Gasteiger charge is 2.39. The highest BCUT2D eigenvalue weighted by molar-refractivity contribution is 6.31. The summed E-state index contributed by atoms with van der Waals surface area (Å²) in [5.74, 6) is 0. The number of allylic oxidation sites excluding steroid dienone is 1. The minimum absolute atomic E-state index is 0.309. The Morgan fingerprint density at radius 1 is 1.04 bits per heavy atom. The molecule has 2 aromatic carbocycles. The average Bonchev–Trinajstić information content (AvgIpc) is 3.08. The molecule has 1 aliphatic carbocycles. The van der Waals surface area contributed by atoms with Crippen LogP contribution in [0.4, 0.5) is 5.69 Å². The van der Waals surface area contributed by atoms with Gasteiger partial charge in [0.05, 0.1) is 11.5 Å². The van der Waals surface area contributed by atoms with Crippen molar-refractivity contribution in [2.75, 3.05) is 11.4 Å². The van der Waals surface area contributed by atoms with Crippen LogP contribution >= 0.6 is 11.6 Å². The third-order valence-electron chi connectivity index (χ3n) is 5.79. The van der Waals surface area contributed by atoms with E-state index < -0.39 is 0 Å². The number of fused-ring (bicyclic) bond motifs is 1. The smallest absolute Gasteiger partial charge is 0.0825 e. The van der Waals surface area contributed by atoms with Crippen LogP contribution in [0, 0.1) is 16.7 Å². The second-order valence-corrected chi connectivity index (χ2v) is 7.74. The van der Waals surface area contributed by atoms with E-state index in [0.29, 0.717) is 0 Å². The third kappa shape index (κ3) is 3.02. The molecule has 0 unspecified atom stereocenters. The Morgan fingerprint density at radius 2 is 1.77 bits per heavy atom. The van der Waals surface area contributed by atoms with Gasteiger partial charge in [0, 0.05) is 29.4 Å². The third-order valence-corrected chi connectivity index (χ3v) is 6.16. The van der Waals surface area contributed by atoms with E-state index in [0.717, 1.165) is 55.8 Å². The van der Waals surface area contributed by atoms with Crippen LogP contribution in [0.15, 0.2) is 54.6 Å². The fraction of sp³-hybridized carbons (Fsp3) is 0.348. The zero-order chi connectivity index (χ0) is 18.0. The second-order valence-electron chi connectivity index (χ2n) is 7.34. The van der Waals surface area contributed by atoms with Crippen molar-refractivity contribution in [1.82, 2.24) is 0 Å². The van der Waals surface area contributed by atoms with Crippen molar-refractivity contribution in [3.63, 3.8) is 0 Å². The maximum Gasteiger partial charge on any atom is 0.0825 e. The van der Waals surface area contributed by atoms with Gasteiger partial charge in [0.25, 0.3) is 0 Å². The van der Waals surface area contributed by atoms with Gasteiger partial charge in [-0.3, -0.25) is 0 Å². The molecule has 26 heavy (non-hydrogen) atoms. The molecule has 0 saturated heterocycles. The first-order chi connectivity index (χ1) is 12.7. The van der Waals surface area contributed by atoms with Gasteiger partial charge in [-0.15, -0.1) is 0 Å². The zero-order valence-corrected chi connectivity index (χ0v) is 15.7. The van der Waals surface area contributed by atoms with Gasteiger partial charge in [0.15, 0.2) is 0 Å². The molecular weight excluding hydrogens is 340 g/mol. The van der Waals surface area contributed by atoms with Crippen molar-refractivity contribution in [2.24, 2.45) is 5.41 Å². The van der Waals surface area contributed by atoms with Gasteiger partial charge >= 0.3 is 0 Å². The first kappa shape index (κ1) is 17.2. The van der Waals surface area contributed by atoms with Crippen molar-refractivity contribution in [1.29, 1.82) is 5.26 Å². The van der Waals surface area contributed by atoms with Gasteiger partial charge in [-0.25, -0.2) is 0 Å². The van der Waals surface area contributed by atoms with E-state index in [2.05, 4.69) is 47.4 Å². The number of benzene rings is 2. The summed E-state index contributed by atoms with van der Waals surface area (Å²) in [7, 11) is 0. The van der Waals surface area contributed by atoms with E-state index in [-0.39, 0.29) is 5.41 Å². The predicted octanol–water partition coefficient (Wildman–Crippen LogP) is 6.22. The summed E-state index contributed by atoms with van der Waals surface area (Å²) in [6.07, 6.45) is 7.53. The Balaban J connectivity index is 1.74. The Morgan fingerprint density at radius 3 is 2.54 bits per heavy atom. The molecule has 2 nitrogen and oxygen atoms in total. The van der Waals surface area contributed by atoms with Crippen molar-refractivity contribution in [2.45, 2.75) is 38.6 Å². The van der Waals surface area contributed by atoms with E-state index >= 15 is 0 Å². The number of para-hydroxylation sites is 1. The lowest BCUT2D eigenvalue weighted by molar-refractivity contribution is 0.550. The van der Waals surface area contributed by atoms with E-state index in [1.54, 1.807) is 0 Å². The van der Waals surface area contributed by atoms with Gasteiger partial charge < -0.3 is 4.90 Å². The Kier molecular flexibility index (Phi) is 4.74. The molecule has 0 bridgehead atoms. The molecule has 1 heterocycles. The molecule has 2 aromatic rings. The van der Waals surface area contributed by atoms with E-state index in [1.165, 1.54) is 16.8 Å². The second kappa shape index (κ2) is 7.17. The summed E-state index contributed by atoms with van der Waals surface area (Å²) in [4.78, 5) is 2.40. The standard InChI is InChI=1S/C23H23ClN2/c24-21-11-3-1-8-18(21)16-26-15-7-10-20(19-9-2-4-12-22(19)26)23(17-25)13-5-6-14-23/h1-4,8-12H,5-7,13-16H2. The van der Waals surface area contributed by atoms with Gasteiger partial charge in [-0.05, 0) is 42.5 Å². The van der Waals surface area contributed by atoms with Crippen LogP contribution < -0.4 is 4.90 Å². The Labute approximate surface area is 160 Å². The topological polar surface area (TPSA) is 27.0 Å². The number of nitrogens with zero attached hydrogens (tertiary/aromatic N) is 2. The van der Waals surface area contributed by atoms with Crippen molar-refractivity contribution in [3.8, 4) is 6.07 Å². The van der Waals surface area contributed by atoms with Crippen LogP contribution in [-0.2, 0) is 6.54 Å². The molecule has 0 radical (unpaired) electrons. The monoisotopic (exact) mass is 362 g/mol. The molecule has 0 N–H and O–H groups in total. The Bertz CT molecular complexity index is 872. The van der Waals surface area contributed by atoms with Crippen LogP contribution in [0.3, 0.4) is 0 Å². The lowest BCUT2D eigenvalue weighted by Crippen LogP contribution is -2.24. The van der Waals surface area contributed by atoms with Crippen LogP contribution in [0.1, 0.15) is 43.2 Å². The quantitative estimate of drug-likeness (QED) is 0.648. The molecule has 2 aliphatic rings. The van der Waals surface area contributed by atoms with E-state index in [1.807, 2.05) is 18.2 Å². The van der Waals surface area contributed by atoms with Gasteiger partial charge in [-0.2, -0.15) is 5.26 Å². The minimum atomic E-state index is -0.309. The molecule has 1 fully saturated rings. The van der Waals surface area contributed by atoms with Crippen molar-refractivity contribution < 1.29 is 0 Å². The summed E-state index contributed by atoms with van der Waals surface area (Å²) >= 11 is 6.41. The molecule has 3 heteroatoms. The number of rotatable bonds is 3. The first-order valence-corrected chi connectivity index (χ1v) is 9.81. The highest BCUT2D eigenvalue weighted by Crippen LogP contribution is 2.50. The molecule has 0 atom stereocenters. The van der Waals surface area contributed by atoms with Crippen LogP contribution in [0.5, 0.6) is 0 Å². The number of nitriles is 1. The van der Waals surface area contributed by atoms with E-state index in [9.17, 15) is 5.26 Å². The summed E-state index contributed by atoms with van der Waals surface area (Å²) in [6.45, 7) is 1.73. The average molecular weight is 363 g/mol. The highest BCUT2D eigenvalue weighted by atomic mass is 35.5. The lowest BCUT2D eigenvalue weighted by Gasteiger charge is -2.29. The largest absolute Gasteiger partial charge is 0.366 e. The summed E-state index contributed by atoms with van der Waals surface area (Å²) in [6, 6.07) is 19.3. The molecule has 0 spiro atoms. The summed E-state index contributed by atoms with van der Waals surface area (Å²) < 4.78 is 0. The lowest BCUT2D eigenvalue weighted by atomic mass is 9.76. The van der Waals surface area contributed by atoms with Gasteiger partial charge in [0.2, 0.25) is 0 Å². The molecule has 132 valence electrons. The maximum absolute atomic E-state index is 10.0. The SMILES string of the molecule is N#CC1(C2=CCCN(Cc3ccccc3Cl)c3ccccc32)CCCC1. The molecule has 1 saturated carbocycles. The fourth-order valence-corrected chi connectivity index (χ4v) is 4.64. The number of hydrogen-bond acceptors (Lipinski definition) is 2. The first-order valence-electron chi connectivity index (χ1n) is 9.43. The summed E-state index contributed by atoms with van der Waals surface area (Å²) in [5.41, 5.74) is 4.52. The minimum Gasteiger partial charge on any atom is -0.366 e. The van der Waals surface area contributed by atoms with Gasteiger partial charge in [-0.1, -0.05) is 66.9 Å². The molecular formula is C23H23ClN2. The fourth-order valence-electron chi connectivity index (χ4n) is 4.44. The maximum atomic E-state index is 10.0. The molecule has 0 amide bonds. The predicted molar refractivity (Wildman–Crippen MR) is 108 cm³/mol. The van der Waals surface area contributed by atoms with Crippen LogP contribution in [0.25, 0.3) is 5.57 Å². The number of anilines is 1. The Hall–Kier alpha value is -2.24. The number of halogens is 1. The van der Waals surface area contributed by atoms with Gasteiger partial charge in [0.1, 0.15) is 0 Å². The molecule has 4 rings (SSSR count). The van der Waals surface area contributed by atoms with Crippen molar-refractivity contribution in [3.05, 3.63) is 70.8 Å². The normalized spacial score (nSPS) is 18.6. The number of hydrogen-bond donors (Lipinski definition) is 0. The zero-order valence-electron chi connectivity index (χ0n) is 14.9. The molecule has 0 aromatic heterocycles. The molecule has 1 aliphatic heterocycles. The summed E-state index contributed by atoms with van der Waals surface area (Å²) in [5, 5.41) is 10.8. The van der Waals surface area contributed by atoms with Crippen LogP contribution in [0.2, 0.25) is 5.02 Å². The van der Waals surface area contributed by atoms with Crippen molar-refractivity contribution >= 4 is 22.9 Å².